The molecular formula is C13H22N4O. The maximum atomic E-state index is 5.47. The predicted molar refractivity (Wildman–Crippen MR) is 73.3 cm³/mol. The minimum absolute atomic E-state index is 0.312. The minimum atomic E-state index is 0.312. The molecule has 1 aromatic rings. The van der Waals surface area contributed by atoms with Crippen LogP contribution in [-0.2, 0) is 4.74 Å². The van der Waals surface area contributed by atoms with E-state index in [0.717, 1.165) is 49.0 Å². The second-order valence-corrected chi connectivity index (χ2v) is 4.76. The summed E-state index contributed by atoms with van der Waals surface area (Å²) in [6, 6.07) is 0. The van der Waals surface area contributed by atoms with E-state index in [1.807, 2.05) is 14.0 Å². The van der Waals surface area contributed by atoms with Crippen LogP contribution < -0.4 is 10.2 Å². The molecule has 1 unspecified atom stereocenters. The number of piperidine rings is 1. The second-order valence-electron chi connectivity index (χ2n) is 4.76. The Morgan fingerprint density at radius 3 is 2.78 bits per heavy atom. The monoisotopic (exact) mass is 250 g/mol. The molecule has 2 rings (SSSR count). The fraction of sp³-hybridized carbons (Fsp3) is 0.692. The third-order valence-electron chi connectivity index (χ3n) is 3.48. The van der Waals surface area contributed by atoms with Gasteiger partial charge in [0.2, 0.25) is 0 Å². The number of methoxy groups -OCH3 is 1. The zero-order chi connectivity index (χ0) is 13.1. The van der Waals surface area contributed by atoms with Gasteiger partial charge in [0.15, 0.2) is 0 Å². The lowest BCUT2D eigenvalue weighted by molar-refractivity contribution is 0.0891. The summed E-state index contributed by atoms with van der Waals surface area (Å²) in [6.07, 6.45) is 2.59. The fourth-order valence-electron chi connectivity index (χ4n) is 2.49. The van der Waals surface area contributed by atoms with Crippen LogP contribution in [0.4, 0.5) is 11.6 Å². The Morgan fingerprint density at radius 2 is 2.11 bits per heavy atom. The number of aryl methyl sites for hydroxylation is 1. The molecule has 1 atom stereocenters. The zero-order valence-corrected chi connectivity index (χ0v) is 11.7. The minimum Gasteiger partial charge on any atom is -0.380 e. The van der Waals surface area contributed by atoms with Gasteiger partial charge >= 0.3 is 0 Å². The van der Waals surface area contributed by atoms with Crippen LogP contribution in [0, 0.1) is 13.8 Å². The number of anilines is 2. The molecule has 1 saturated heterocycles. The lowest BCUT2D eigenvalue weighted by Crippen LogP contribution is -2.40. The smallest absolute Gasteiger partial charge is 0.137 e. The van der Waals surface area contributed by atoms with Crippen LogP contribution in [0.3, 0.4) is 0 Å². The van der Waals surface area contributed by atoms with Crippen LogP contribution in [-0.4, -0.2) is 43.3 Å². The van der Waals surface area contributed by atoms with E-state index in [9.17, 15) is 0 Å². The number of nitrogens with one attached hydrogen (secondary N) is 1. The molecule has 1 aliphatic rings. The van der Waals surface area contributed by atoms with Crippen LogP contribution in [0.1, 0.15) is 24.2 Å². The normalized spacial score (nSPS) is 20.0. The molecule has 0 aliphatic carbocycles. The van der Waals surface area contributed by atoms with Gasteiger partial charge in [-0.1, -0.05) is 0 Å². The standard InChI is InChI=1S/C13H22N4O/c1-9-12(14-3)15-10(2)16-13(9)17-7-5-6-11(8-17)18-4/h11H,5-8H2,1-4H3,(H,14,15,16). The molecule has 0 spiro atoms. The third-order valence-corrected chi connectivity index (χ3v) is 3.48. The van der Waals surface area contributed by atoms with Gasteiger partial charge in [0, 0.05) is 32.8 Å². The van der Waals surface area contributed by atoms with Gasteiger partial charge in [0.25, 0.3) is 0 Å². The first-order valence-corrected chi connectivity index (χ1v) is 6.46. The largest absolute Gasteiger partial charge is 0.380 e. The molecule has 0 saturated carbocycles. The highest BCUT2D eigenvalue weighted by Gasteiger charge is 2.23. The Morgan fingerprint density at radius 1 is 1.33 bits per heavy atom. The number of hydrogen-bond acceptors (Lipinski definition) is 5. The molecular weight excluding hydrogens is 228 g/mol. The molecule has 1 aromatic heterocycles. The van der Waals surface area contributed by atoms with Gasteiger partial charge in [-0.15, -0.1) is 0 Å². The Hall–Kier alpha value is -1.36. The molecule has 1 N–H and O–H groups in total. The van der Waals surface area contributed by atoms with Crippen molar-refractivity contribution in [1.29, 1.82) is 0 Å². The second kappa shape index (κ2) is 5.52. The molecule has 18 heavy (non-hydrogen) atoms. The van der Waals surface area contributed by atoms with Crippen molar-refractivity contribution in [1.82, 2.24) is 9.97 Å². The SMILES string of the molecule is CNc1nc(C)nc(N2CCCC(OC)C2)c1C. The van der Waals surface area contributed by atoms with Gasteiger partial charge in [-0.05, 0) is 26.7 Å². The van der Waals surface area contributed by atoms with E-state index in [0.29, 0.717) is 6.10 Å². The quantitative estimate of drug-likeness (QED) is 0.885. The molecule has 5 heteroatoms. The Bertz CT molecular complexity index is 422. The van der Waals surface area contributed by atoms with E-state index in [4.69, 9.17) is 4.74 Å². The number of ether oxygens (including phenoxy) is 1. The lowest BCUT2D eigenvalue weighted by atomic mass is 10.1. The van der Waals surface area contributed by atoms with Gasteiger partial charge in [0.1, 0.15) is 17.5 Å². The van der Waals surface area contributed by atoms with Crippen molar-refractivity contribution >= 4 is 11.6 Å². The van der Waals surface area contributed by atoms with Gasteiger partial charge in [-0.3, -0.25) is 0 Å². The zero-order valence-electron chi connectivity index (χ0n) is 11.7. The highest BCUT2D eigenvalue weighted by molar-refractivity contribution is 5.58. The third kappa shape index (κ3) is 2.56. The average Bonchev–Trinajstić information content (AvgIpc) is 2.41. The van der Waals surface area contributed by atoms with Crippen LogP contribution in [0.5, 0.6) is 0 Å². The maximum Gasteiger partial charge on any atom is 0.137 e. The van der Waals surface area contributed by atoms with Gasteiger partial charge in [-0.25, -0.2) is 9.97 Å². The predicted octanol–water partition coefficient (Wildman–Crippen LogP) is 1.75. The van der Waals surface area contributed by atoms with E-state index in [1.54, 1.807) is 7.11 Å². The number of nitrogens with zero attached hydrogens (tertiary/aromatic N) is 3. The van der Waals surface area contributed by atoms with Crippen molar-refractivity contribution in [3.05, 3.63) is 11.4 Å². The first kappa shape index (κ1) is 13.1. The Labute approximate surface area is 109 Å². The van der Waals surface area contributed by atoms with Gasteiger partial charge < -0.3 is 15.0 Å². The summed E-state index contributed by atoms with van der Waals surface area (Å²) >= 11 is 0. The van der Waals surface area contributed by atoms with Gasteiger partial charge in [0.05, 0.1) is 6.10 Å². The summed E-state index contributed by atoms with van der Waals surface area (Å²) in [5.41, 5.74) is 1.11. The van der Waals surface area contributed by atoms with Crippen molar-refractivity contribution < 1.29 is 4.74 Å². The lowest BCUT2D eigenvalue weighted by Gasteiger charge is -2.34. The van der Waals surface area contributed by atoms with Crippen LogP contribution >= 0.6 is 0 Å². The van der Waals surface area contributed by atoms with Crippen LogP contribution in [0.15, 0.2) is 0 Å². The summed E-state index contributed by atoms with van der Waals surface area (Å²) in [4.78, 5) is 11.3. The molecule has 1 fully saturated rings. The van der Waals surface area contributed by atoms with Crippen molar-refractivity contribution in [3.63, 3.8) is 0 Å². The van der Waals surface area contributed by atoms with E-state index >= 15 is 0 Å². The maximum absolute atomic E-state index is 5.47. The van der Waals surface area contributed by atoms with Crippen molar-refractivity contribution in [2.75, 3.05) is 37.5 Å². The Balaban J connectivity index is 2.29. The first-order chi connectivity index (χ1) is 8.65. The number of rotatable bonds is 3. The molecule has 100 valence electrons. The number of hydrogen-bond donors (Lipinski definition) is 1. The average molecular weight is 250 g/mol. The van der Waals surface area contributed by atoms with Crippen LogP contribution in [0.2, 0.25) is 0 Å². The van der Waals surface area contributed by atoms with E-state index < -0.39 is 0 Å². The van der Waals surface area contributed by atoms with Gasteiger partial charge in [-0.2, -0.15) is 0 Å². The van der Waals surface area contributed by atoms with Crippen molar-refractivity contribution in [3.8, 4) is 0 Å². The number of aromatic nitrogens is 2. The van der Waals surface area contributed by atoms with Crippen LogP contribution in [0.25, 0.3) is 0 Å². The molecule has 0 radical (unpaired) electrons. The molecule has 1 aliphatic heterocycles. The molecule has 0 aromatic carbocycles. The van der Waals surface area contributed by atoms with Crippen molar-refractivity contribution in [2.45, 2.75) is 32.8 Å². The molecule has 0 bridgehead atoms. The summed E-state index contributed by atoms with van der Waals surface area (Å²) < 4.78 is 5.47. The van der Waals surface area contributed by atoms with E-state index in [1.165, 1.54) is 0 Å². The molecule has 5 nitrogen and oxygen atoms in total. The fourth-order valence-corrected chi connectivity index (χ4v) is 2.49. The van der Waals surface area contributed by atoms with E-state index in [-0.39, 0.29) is 0 Å². The molecule has 2 heterocycles. The first-order valence-electron chi connectivity index (χ1n) is 6.46. The van der Waals surface area contributed by atoms with Crippen molar-refractivity contribution in [2.24, 2.45) is 0 Å². The Kier molecular flexibility index (Phi) is 4.01. The topological polar surface area (TPSA) is 50.3 Å². The highest BCUT2D eigenvalue weighted by atomic mass is 16.5. The summed E-state index contributed by atoms with van der Waals surface area (Å²) in [5.74, 6) is 2.75. The highest BCUT2D eigenvalue weighted by Crippen LogP contribution is 2.26. The summed E-state index contributed by atoms with van der Waals surface area (Å²) in [6.45, 7) is 5.95. The summed E-state index contributed by atoms with van der Waals surface area (Å²) in [5, 5.41) is 3.13. The molecule has 0 amide bonds. The summed E-state index contributed by atoms with van der Waals surface area (Å²) in [7, 11) is 3.68. The van der Waals surface area contributed by atoms with E-state index in [2.05, 4.69) is 27.1 Å².